The van der Waals surface area contributed by atoms with Crippen molar-refractivity contribution in [3.8, 4) is 11.5 Å². The minimum Gasteiger partial charge on any atom is -0.306 e. The molecule has 0 aliphatic carbocycles. The standard InChI is InChI=1S/C15H12IN7O/c1-9-19-13(11-4-2-3-7-17-11)22-14(20-9)23-15(24)21-10-5-6-12(16)18-8-10/h2-8H,1H3,(H2,19,20,21,22,23,24). The Kier molecular flexibility index (Phi) is 4.89. The first-order valence-electron chi connectivity index (χ1n) is 6.94. The van der Waals surface area contributed by atoms with Crippen LogP contribution in [-0.4, -0.2) is 31.0 Å². The molecule has 0 spiro atoms. The average molecular weight is 433 g/mol. The van der Waals surface area contributed by atoms with Crippen LogP contribution in [0.15, 0.2) is 42.7 Å². The number of nitrogens with one attached hydrogen (secondary N) is 2. The van der Waals surface area contributed by atoms with Gasteiger partial charge in [0.25, 0.3) is 0 Å². The minimum atomic E-state index is -0.462. The lowest BCUT2D eigenvalue weighted by Gasteiger charge is -2.08. The van der Waals surface area contributed by atoms with Crippen LogP contribution in [0.5, 0.6) is 0 Å². The number of anilines is 2. The Hall–Kier alpha value is -2.69. The molecule has 3 rings (SSSR count). The Bertz CT molecular complexity index is 855. The molecule has 0 atom stereocenters. The number of hydrogen-bond acceptors (Lipinski definition) is 6. The van der Waals surface area contributed by atoms with E-state index in [1.807, 2.05) is 6.07 Å². The maximum atomic E-state index is 12.1. The Morgan fingerprint density at radius 3 is 2.62 bits per heavy atom. The van der Waals surface area contributed by atoms with Gasteiger partial charge in [0.15, 0.2) is 5.82 Å². The lowest BCUT2D eigenvalue weighted by molar-refractivity contribution is 0.262. The summed E-state index contributed by atoms with van der Waals surface area (Å²) >= 11 is 2.09. The number of rotatable bonds is 3. The number of amides is 2. The van der Waals surface area contributed by atoms with Gasteiger partial charge in [0, 0.05) is 6.20 Å². The highest BCUT2D eigenvalue weighted by molar-refractivity contribution is 14.1. The summed E-state index contributed by atoms with van der Waals surface area (Å²) in [5, 5.41) is 5.25. The van der Waals surface area contributed by atoms with Gasteiger partial charge >= 0.3 is 6.03 Å². The second-order valence-electron chi connectivity index (χ2n) is 4.69. The van der Waals surface area contributed by atoms with Gasteiger partial charge in [-0.3, -0.25) is 10.3 Å². The molecule has 120 valence electrons. The van der Waals surface area contributed by atoms with Crippen LogP contribution in [0.2, 0.25) is 0 Å². The van der Waals surface area contributed by atoms with Gasteiger partial charge in [-0.15, -0.1) is 0 Å². The van der Waals surface area contributed by atoms with E-state index in [2.05, 4.69) is 58.1 Å². The average Bonchev–Trinajstić information content (AvgIpc) is 2.57. The summed E-state index contributed by atoms with van der Waals surface area (Å²) in [4.78, 5) is 32.9. The zero-order valence-corrected chi connectivity index (χ0v) is 14.7. The van der Waals surface area contributed by atoms with Crippen molar-refractivity contribution in [2.45, 2.75) is 6.92 Å². The van der Waals surface area contributed by atoms with Crippen LogP contribution in [0.4, 0.5) is 16.4 Å². The third-order valence-corrected chi connectivity index (χ3v) is 3.49. The van der Waals surface area contributed by atoms with E-state index in [4.69, 9.17) is 0 Å². The SMILES string of the molecule is Cc1nc(NC(=O)Nc2ccc(I)nc2)nc(-c2ccccn2)n1. The molecule has 3 aromatic heterocycles. The van der Waals surface area contributed by atoms with E-state index in [0.29, 0.717) is 23.0 Å². The minimum absolute atomic E-state index is 0.152. The quantitative estimate of drug-likeness (QED) is 0.486. The van der Waals surface area contributed by atoms with Crippen molar-refractivity contribution in [1.82, 2.24) is 24.9 Å². The molecule has 3 aromatic rings. The zero-order chi connectivity index (χ0) is 16.9. The summed E-state index contributed by atoms with van der Waals surface area (Å²) in [5.74, 6) is 1.03. The fraction of sp³-hybridized carbons (Fsp3) is 0.0667. The predicted molar refractivity (Wildman–Crippen MR) is 97.4 cm³/mol. The molecular weight excluding hydrogens is 421 g/mol. The largest absolute Gasteiger partial charge is 0.326 e. The van der Waals surface area contributed by atoms with Crippen LogP contribution in [0.1, 0.15) is 5.82 Å². The fourth-order valence-corrected chi connectivity index (χ4v) is 2.18. The summed E-state index contributed by atoms with van der Waals surface area (Å²) < 4.78 is 0.839. The molecule has 0 aliphatic rings. The first-order chi connectivity index (χ1) is 11.6. The molecule has 0 aromatic carbocycles. The fourth-order valence-electron chi connectivity index (χ4n) is 1.86. The van der Waals surface area contributed by atoms with Gasteiger partial charge in [-0.25, -0.2) is 14.8 Å². The Morgan fingerprint density at radius 1 is 1.04 bits per heavy atom. The molecule has 2 amide bonds. The van der Waals surface area contributed by atoms with Crippen LogP contribution in [0.25, 0.3) is 11.5 Å². The summed E-state index contributed by atoms with van der Waals surface area (Å²) in [6.45, 7) is 1.72. The molecular formula is C15H12IN7O. The maximum Gasteiger partial charge on any atom is 0.326 e. The third-order valence-electron chi connectivity index (χ3n) is 2.85. The molecule has 0 saturated carbocycles. The molecule has 0 saturated heterocycles. The summed E-state index contributed by atoms with van der Waals surface area (Å²) in [6, 6.07) is 8.52. The zero-order valence-electron chi connectivity index (χ0n) is 12.6. The van der Waals surface area contributed by atoms with Crippen molar-refractivity contribution >= 4 is 40.3 Å². The highest BCUT2D eigenvalue weighted by atomic mass is 127. The number of pyridine rings is 2. The Balaban J connectivity index is 1.76. The second kappa shape index (κ2) is 7.25. The van der Waals surface area contributed by atoms with Crippen LogP contribution in [-0.2, 0) is 0 Å². The molecule has 2 N–H and O–H groups in total. The van der Waals surface area contributed by atoms with E-state index in [0.717, 1.165) is 3.70 Å². The van der Waals surface area contributed by atoms with Gasteiger partial charge in [0.05, 0.1) is 11.9 Å². The first kappa shape index (κ1) is 16.2. The number of halogens is 1. The molecule has 8 nitrogen and oxygen atoms in total. The van der Waals surface area contributed by atoms with E-state index >= 15 is 0 Å². The van der Waals surface area contributed by atoms with Crippen molar-refractivity contribution in [2.24, 2.45) is 0 Å². The Morgan fingerprint density at radius 2 is 1.92 bits per heavy atom. The second-order valence-corrected chi connectivity index (χ2v) is 5.80. The maximum absolute atomic E-state index is 12.1. The van der Waals surface area contributed by atoms with Gasteiger partial charge < -0.3 is 5.32 Å². The summed E-state index contributed by atoms with van der Waals surface area (Å²) in [5.41, 5.74) is 1.18. The van der Waals surface area contributed by atoms with Crippen LogP contribution < -0.4 is 10.6 Å². The molecule has 24 heavy (non-hydrogen) atoms. The van der Waals surface area contributed by atoms with E-state index in [1.54, 1.807) is 43.6 Å². The van der Waals surface area contributed by atoms with Crippen LogP contribution in [0.3, 0.4) is 0 Å². The Labute approximate surface area is 151 Å². The normalized spacial score (nSPS) is 10.2. The van der Waals surface area contributed by atoms with Crippen LogP contribution in [0, 0.1) is 10.6 Å². The molecule has 9 heteroatoms. The van der Waals surface area contributed by atoms with Gasteiger partial charge in [-0.2, -0.15) is 9.97 Å². The number of urea groups is 1. The van der Waals surface area contributed by atoms with Gasteiger partial charge in [0.1, 0.15) is 15.2 Å². The topological polar surface area (TPSA) is 106 Å². The third kappa shape index (κ3) is 4.19. The predicted octanol–water partition coefficient (Wildman–Crippen LogP) is 2.89. The lowest BCUT2D eigenvalue weighted by Crippen LogP contribution is -2.21. The monoisotopic (exact) mass is 433 g/mol. The van der Waals surface area contributed by atoms with Gasteiger partial charge in [-0.05, 0) is 53.8 Å². The van der Waals surface area contributed by atoms with Gasteiger partial charge in [0.2, 0.25) is 5.95 Å². The van der Waals surface area contributed by atoms with Crippen molar-refractivity contribution in [3.63, 3.8) is 0 Å². The molecule has 3 heterocycles. The molecule has 0 bridgehead atoms. The highest BCUT2D eigenvalue weighted by Gasteiger charge is 2.10. The molecule has 0 aliphatic heterocycles. The lowest BCUT2D eigenvalue weighted by atomic mass is 10.3. The number of aromatic nitrogens is 5. The number of nitrogens with zero attached hydrogens (tertiary/aromatic N) is 5. The molecule has 0 unspecified atom stereocenters. The van der Waals surface area contributed by atoms with Crippen molar-refractivity contribution < 1.29 is 4.79 Å². The smallest absolute Gasteiger partial charge is 0.306 e. The summed E-state index contributed by atoms with van der Waals surface area (Å²) in [6.07, 6.45) is 3.22. The first-order valence-corrected chi connectivity index (χ1v) is 8.02. The van der Waals surface area contributed by atoms with E-state index in [9.17, 15) is 4.79 Å². The number of hydrogen-bond donors (Lipinski definition) is 2. The van der Waals surface area contributed by atoms with E-state index in [-0.39, 0.29) is 5.95 Å². The van der Waals surface area contributed by atoms with E-state index < -0.39 is 6.03 Å². The number of aryl methyl sites for hydroxylation is 1. The van der Waals surface area contributed by atoms with Crippen LogP contribution >= 0.6 is 22.6 Å². The van der Waals surface area contributed by atoms with Crippen molar-refractivity contribution in [2.75, 3.05) is 10.6 Å². The van der Waals surface area contributed by atoms with Gasteiger partial charge in [-0.1, -0.05) is 6.07 Å². The number of carbonyl (C=O) groups is 1. The highest BCUT2D eigenvalue weighted by Crippen LogP contribution is 2.13. The molecule has 0 radical (unpaired) electrons. The van der Waals surface area contributed by atoms with Crippen molar-refractivity contribution in [3.05, 3.63) is 52.3 Å². The van der Waals surface area contributed by atoms with E-state index in [1.165, 1.54) is 0 Å². The van der Waals surface area contributed by atoms with Crippen molar-refractivity contribution in [1.29, 1.82) is 0 Å². The summed E-state index contributed by atoms with van der Waals surface area (Å²) in [7, 11) is 0. The number of carbonyl (C=O) groups excluding carboxylic acids is 1. The molecule has 0 fully saturated rings.